The summed E-state index contributed by atoms with van der Waals surface area (Å²) in [5.74, 6) is 2.87. The molecule has 4 rings (SSSR count). The van der Waals surface area contributed by atoms with Gasteiger partial charge in [0.2, 0.25) is 0 Å². The molecule has 7 atom stereocenters. The number of hydrogen-bond donors (Lipinski definition) is 2. The van der Waals surface area contributed by atoms with Crippen molar-refractivity contribution < 1.29 is 15.0 Å². The molecule has 7 unspecified atom stereocenters. The van der Waals surface area contributed by atoms with Gasteiger partial charge in [-0.1, -0.05) is 19.8 Å². The number of carbonyl (C=O) groups excluding carboxylic acids is 1. The van der Waals surface area contributed by atoms with Crippen LogP contribution in [0.2, 0.25) is 0 Å². The summed E-state index contributed by atoms with van der Waals surface area (Å²) >= 11 is 0. The van der Waals surface area contributed by atoms with Gasteiger partial charge in [0.15, 0.2) is 5.78 Å². The first-order valence-corrected chi connectivity index (χ1v) is 10.3. The molecule has 0 spiro atoms. The molecule has 0 heterocycles. The number of Topliss-reactive ketones (excluding diaryl/α,β-unsaturated/α-hetero) is 1. The van der Waals surface area contributed by atoms with Gasteiger partial charge in [-0.25, -0.2) is 0 Å². The molecule has 0 aromatic rings. The van der Waals surface area contributed by atoms with Gasteiger partial charge in [0.25, 0.3) is 0 Å². The number of fused-ring (bicyclic) bond motifs is 5. The van der Waals surface area contributed by atoms with Gasteiger partial charge in [-0.05, 0) is 85.9 Å². The highest BCUT2D eigenvalue weighted by Gasteiger charge is 2.61. The number of carbonyl (C=O) groups is 1. The van der Waals surface area contributed by atoms with Gasteiger partial charge < -0.3 is 10.2 Å². The largest absolute Gasteiger partial charge is 0.396 e. The predicted molar refractivity (Wildman–Crippen MR) is 93.3 cm³/mol. The third-order valence-corrected chi connectivity index (χ3v) is 9.12. The molecule has 0 saturated heterocycles. The van der Waals surface area contributed by atoms with E-state index in [1.54, 1.807) is 0 Å². The fourth-order valence-corrected chi connectivity index (χ4v) is 8.02. The maximum Gasteiger partial charge on any atom is 0.161 e. The minimum absolute atomic E-state index is 0.0710. The van der Waals surface area contributed by atoms with Gasteiger partial charge in [0.05, 0.1) is 0 Å². The lowest BCUT2D eigenvalue weighted by Crippen LogP contribution is -2.55. The third-order valence-electron chi connectivity index (χ3n) is 9.12. The van der Waals surface area contributed by atoms with Crippen LogP contribution < -0.4 is 0 Å². The quantitative estimate of drug-likeness (QED) is 0.829. The summed E-state index contributed by atoms with van der Waals surface area (Å²) in [7, 11) is 0. The molecule has 0 aromatic heterocycles. The molecule has 4 aliphatic carbocycles. The second-order valence-corrected chi connectivity index (χ2v) is 9.59. The Morgan fingerprint density at radius 2 is 1.79 bits per heavy atom. The zero-order chi connectivity index (χ0) is 16.9. The first-order chi connectivity index (χ1) is 11.6. The molecule has 0 bridgehead atoms. The summed E-state index contributed by atoms with van der Waals surface area (Å²) in [5.41, 5.74) is 0.278. The van der Waals surface area contributed by atoms with Crippen LogP contribution in [0, 0.1) is 40.4 Å². The van der Waals surface area contributed by atoms with Crippen molar-refractivity contribution in [2.45, 2.75) is 71.1 Å². The Labute approximate surface area is 146 Å². The van der Waals surface area contributed by atoms with E-state index in [-0.39, 0.29) is 29.1 Å². The first-order valence-electron chi connectivity index (χ1n) is 10.3. The molecule has 3 heteroatoms. The maximum atomic E-state index is 12.3. The van der Waals surface area contributed by atoms with Crippen LogP contribution in [0.25, 0.3) is 0 Å². The standard InChI is InChI=1S/C21H34O3/c1-20-11-9-17-15(16(20)7-8-18(20)19(24)12-22)6-5-14-4-2-3-10-21(14,17)13-23/h14-18,22-23H,2-13H2,1H3. The second kappa shape index (κ2) is 6.09. The van der Waals surface area contributed by atoms with E-state index in [1.165, 1.54) is 44.9 Å². The Kier molecular flexibility index (Phi) is 4.32. The number of rotatable bonds is 3. The van der Waals surface area contributed by atoms with Crippen LogP contribution in [0.3, 0.4) is 0 Å². The Bertz CT molecular complexity index is 503. The fraction of sp³-hybridized carbons (Fsp3) is 0.952. The van der Waals surface area contributed by atoms with E-state index in [0.717, 1.165) is 25.2 Å². The van der Waals surface area contributed by atoms with Crippen molar-refractivity contribution in [3.63, 3.8) is 0 Å². The average molecular weight is 335 g/mol. The van der Waals surface area contributed by atoms with Crippen LogP contribution in [-0.4, -0.2) is 29.2 Å². The van der Waals surface area contributed by atoms with Crippen LogP contribution in [0.4, 0.5) is 0 Å². The highest BCUT2D eigenvalue weighted by molar-refractivity contribution is 5.83. The lowest BCUT2D eigenvalue weighted by molar-refractivity contribution is -0.147. The van der Waals surface area contributed by atoms with E-state index in [0.29, 0.717) is 24.4 Å². The topological polar surface area (TPSA) is 57.5 Å². The molecule has 3 nitrogen and oxygen atoms in total. The van der Waals surface area contributed by atoms with Gasteiger partial charge >= 0.3 is 0 Å². The SMILES string of the molecule is CC12CCC3C(CCC4CCCCC43CO)C1CCC2C(=O)CO. The maximum absolute atomic E-state index is 12.3. The second-order valence-electron chi connectivity index (χ2n) is 9.59. The Hall–Kier alpha value is -0.410. The summed E-state index contributed by atoms with van der Waals surface area (Å²) in [4.78, 5) is 12.3. The summed E-state index contributed by atoms with van der Waals surface area (Å²) < 4.78 is 0. The fourth-order valence-electron chi connectivity index (χ4n) is 8.02. The van der Waals surface area contributed by atoms with Gasteiger partial charge in [-0.3, -0.25) is 4.79 Å². The molecule has 136 valence electrons. The zero-order valence-electron chi connectivity index (χ0n) is 15.2. The first kappa shape index (κ1) is 17.0. The van der Waals surface area contributed by atoms with Crippen molar-refractivity contribution >= 4 is 5.78 Å². The summed E-state index contributed by atoms with van der Waals surface area (Å²) in [6, 6.07) is 0. The molecule has 0 radical (unpaired) electrons. The van der Waals surface area contributed by atoms with Crippen molar-refractivity contribution in [2.75, 3.05) is 13.2 Å². The lowest BCUT2D eigenvalue weighted by Gasteiger charge is -2.61. The molecule has 0 aliphatic heterocycles. The summed E-state index contributed by atoms with van der Waals surface area (Å²) in [6.45, 7) is 2.42. The molecule has 2 N–H and O–H groups in total. The molecular weight excluding hydrogens is 300 g/mol. The Morgan fingerprint density at radius 1 is 0.958 bits per heavy atom. The normalized spacial score (nSPS) is 50.7. The minimum Gasteiger partial charge on any atom is -0.396 e. The molecule has 0 aromatic carbocycles. The number of aliphatic hydroxyl groups excluding tert-OH is 2. The molecular formula is C21H34O3. The minimum atomic E-state index is -0.288. The van der Waals surface area contributed by atoms with Crippen LogP contribution in [-0.2, 0) is 4.79 Å². The van der Waals surface area contributed by atoms with E-state index in [2.05, 4.69) is 6.92 Å². The van der Waals surface area contributed by atoms with Gasteiger partial charge in [0, 0.05) is 12.5 Å². The Morgan fingerprint density at radius 3 is 2.54 bits per heavy atom. The predicted octanol–water partition coefficient (Wildman–Crippen LogP) is 3.57. The molecule has 24 heavy (non-hydrogen) atoms. The van der Waals surface area contributed by atoms with Gasteiger partial charge in [0.1, 0.15) is 6.61 Å². The number of aliphatic hydroxyl groups is 2. The smallest absolute Gasteiger partial charge is 0.161 e. The number of ketones is 1. The van der Waals surface area contributed by atoms with E-state index in [1.807, 2.05) is 0 Å². The van der Waals surface area contributed by atoms with Crippen LogP contribution in [0.5, 0.6) is 0 Å². The van der Waals surface area contributed by atoms with E-state index in [4.69, 9.17) is 0 Å². The third kappa shape index (κ3) is 2.19. The molecule has 0 amide bonds. The van der Waals surface area contributed by atoms with E-state index < -0.39 is 0 Å². The van der Waals surface area contributed by atoms with Crippen molar-refractivity contribution in [2.24, 2.45) is 40.4 Å². The van der Waals surface area contributed by atoms with E-state index in [9.17, 15) is 15.0 Å². The molecule has 4 fully saturated rings. The zero-order valence-corrected chi connectivity index (χ0v) is 15.2. The molecule has 4 saturated carbocycles. The van der Waals surface area contributed by atoms with Crippen LogP contribution >= 0.6 is 0 Å². The van der Waals surface area contributed by atoms with Crippen molar-refractivity contribution in [1.82, 2.24) is 0 Å². The molecule has 4 aliphatic rings. The average Bonchev–Trinajstić information content (AvgIpc) is 2.97. The highest BCUT2D eigenvalue weighted by Crippen LogP contribution is 2.67. The monoisotopic (exact) mass is 334 g/mol. The number of hydrogen-bond acceptors (Lipinski definition) is 3. The van der Waals surface area contributed by atoms with Crippen molar-refractivity contribution in [3.8, 4) is 0 Å². The van der Waals surface area contributed by atoms with Gasteiger partial charge in [-0.15, -0.1) is 0 Å². The van der Waals surface area contributed by atoms with Crippen LogP contribution in [0.15, 0.2) is 0 Å². The van der Waals surface area contributed by atoms with Crippen molar-refractivity contribution in [1.29, 1.82) is 0 Å². The Balaban J connectivity index is 1.63. The highest BCUT2D eigenvalue weighted by atomic mass is 16.3. The summed E-state index contributed by atoms with van der Waals surface area (Å²) in [5, 5.41) is 19.8. The summed E-state index contributed by atoms with van der Waals surface area (Å²) in [6.07, 6.45) is 12.2. The van der Waals surface area contributed by atoms with Crippen LogP contribution in [0.1, 0.15) is 71.1 Å². The van der Waals surface area contributed by atoms with Gasteiger partial charge in [-0.2, -0.15) is 0 Å². The lowest BCUT2D eigenvalue weighted by atomic mass is 9.44. The van der Waals surface area contributed by atoms with E-state index >= 15 is 0 Å². The van der Waals surface area contributed by atoms with Crippen molar-refractivity contribution in [3.05, 3.63) is 0 Å².